The molecule has 1 aliphatic rings. The van der Waals surface area contributed by atoms with Gasteiger partial charge in [-0.05, 0) is 55.0 Å². The smallest absolute Gasteiger partial charge is 0.344 e. The summed E-state index contributed by atoms with van der Waals surface area (Å²) in [5.74, 6) is -1.03. The number of carbonyl (C=O) groups is 4. The first-order chi connectivity index (χ1) is 15.9. The Kier molecular flexibility index (Phi) is 7.29. The first kappa shape index (κ1) is 23.3. The molecule has 33 heavy (non-hydrogen) atoms. The number of nitrogens with one attached hydrogen (secondary N) is 1. The lowest BCUT2D eigenvalue weighted by molar-refractivity contribution is -0.145. The average Bonchev–Trinajstić information content (AvgIpc) is 2.81. The summed E-state index contributed by atoms with van der Waals surface area (Å²) < 4.78 is 20.6. The third kappa shape index (κ3) is 5.29. The number of carbonyl (C=O) groups excluding carboxylic acids is 4. The van der Waals surface area contributed by atoms with Crippen molar-refractivity contribution >= 4 is 35.6 Å². The Labute approximate surface area is 189 Å². The van der Waals surface area contributed by atoms with Crippen LogP contribution >= 0.6 is 0 Å². The molecule has 172 valence electrons. The number of anilines is 1. The first-order valence-corrected chi connectivity index (χ1v) is 9.90. The molecule has 2 aromatic carbocycles. The van der Waals surface area contributed by atoms with Crippen molar-refractivity contribution in [3.05, 3.63) is 53.6 Å². The maximum atomic E-state index is 13.0. The second-order valence-electron chi connectivity index (χ2n) is 6.66. The molecular formula is C23H22N2O8. The van der Waals surface area contributed by atoms with Crippen LogP contribution in [0.5, 0.6) is 17.2 Å². The fraction of sp³-hybridized carbons (Fsp3) is 0.217. The number of rotatable bonds is 8. The van der Waals surface area contributed by atoms with Crippen molar-refractivity contribution in [3.63, 3.8) is 0 Å². The molecule has 3 rings (SSSR count). The summed E-state index contributed by atoms with van der Waals surface area (Å²) in [4.78, 5) is 50.1. The molecule has 0 aliphatic carbocycles. The molecular weight excluding hydrogens is 432 g/mol. The fourth-order valence-corrected chi connectivity index (χ4v) is 3.02. The zero-order valence-corrected chi connectivity index (χ0v) is 18.2. The van der Waals surface area contributed by atoms with E-state index in [9.17, 15) is 19.2 Å². The number of esters is 1. The lowest BCUT2D eigenvalue weighted by Gasteiger charge is -2.26. The normalized spacial score (nSPS) is 14.7. The van der Waals surface area contributed by atoms with E-state index < -0.39 is 23.8 Å². The molecule has 10 nitrogen and oxygen atoms in total. The van der Waals surface area contributed by atoms with Gasteiger partial charge < -0.3 is 18.9 Å². The number of ether oxygens (including phenoxy) is 4. The van der Waals surface area contributed by atoms with Gasteiger partial charge in [0.15, 0.2) is 18.1 Å². The van der Waals surface area contributed by atoms with Crippen LogP contribution < -0.4 is 24.4 Å². The van der Waals surface area contributed by atoms with Crippen LogP contribution in [0.2, 0.25) is 0 Å². The molecule has 0 bridgehead atoms. The zero-order chi connectivity index (χ0) is 24.0. The zero-order valence-electron chi connectivity index (χ0n) is 18.2. The number of amides is 4. The molecule has 0 atom stereocenters. The van der Waals surface area contributed by atoms with Gasteiger partial charge in [0.05, 0.1) is 26.5 Å². The van der Waals surface area contributed by atoms with Gasteiger partial charge in [0.2, 0.25) is 0 Å². The standard InChI is InChI=1S/C23H22N2O8/c1-4-32-20(26)13-33-18-10-5-14(12-19(18)31-3)11-17-21(27)24-23(29)25(22(17)28)15-6-8-16(30-2)9-7-15/h5-12H,4,13H2,1-3H3,(H,24,27,29)/b17-11+. The van der Waals surface area contributed by atoms with Gasteiger partial charge in [0, 0.05) is 0 Å². The molecule has 0 radical (unpaired) electrons. The lowest BCUT2D eigenvalue weighted by atomic mass is 10.1. The van der Waals surface area contributed by atoms with Crippen molar-refractivity contribution in [3.8, 4) is 17.2 Å². The van der Waals surface area contributed by atoms with Gasteiger partial charge in [-0.25, -0.2) is 14.5 Å². The van der Waals surface area contributed by atoms with Gasteiger partial charge in [-0.1, -0.05) is 6.07 Å². The molecule has 0 aromatic heterocycles. The quantitative estimate of drug-likeness (QED) is 0.367. The molecule has 0 unspecified atom stereocenters. The molecule has 2 aromatic rings. The predicted molar refractivity (Wildman–Crippen MR) is 117 cm³/mol. The van der Waals surface area contributed by atoms with Crippen LogP contribution in [0, 0.1) is 0 Å². The molecule has 1 saturated heterocycles. The largest absolute Gasteiger partial charge is 0.497 e. The van der Waals surface area contributed by atoms with Crippen molar-refractivity contribution in [2.45, 2.75) is 6.92 Å². The van der Waals surface area contributed by atoms with E-state index in [0.29, 0.717) is 11.3 Å². The number of imide groups is 2. The van der Waals surface area contributed by atoms with E-state index >= 15 is 0 Å². The monoisotopic (exact) mass is 454 g/mol. The van der Waals surface area contributed by atoms with Crippen LogP contribution in [0.25, 0.3) is 6.08 Å². The van der Waals surface area contributed by atoms with Crippen LogP contribution in [-0.4, -0.2) is 51.2 Å². The Hall–Kier alpha value is -4.34. The molecule has 1 N–H and O–H groups in total. The van der Waals surface area contributed by atoms with Crippen molar-refractivity contribution < 1.29 is 38.1 Å². The Morgan fingerprint density at radius 2 is 1.73 bits per heavy atom. The minimum absolute atomic E-state index is 0.234. The third-order valence-corrected chi connectivity index (χ3v) is 4.58. The number of barbiturate groups is 1. The number of nitrogens with zero attached hydrogens (tertiary/aromatic N) is 1. The van der Waals surface area contributed by atoms with Crippen molar-refractivity contribution in [2.24, 2.45) is 0 Å². The molecule has 10 heteroatoms. The van der Waals surface area contributed by atoms with Gasteiger partial charge in [-0.2, -0.15) is 0 Å². The number of hydrogen-bond donors (Lipinski definition) is 1. The van der Waals surface area contributed by atoms with E-state index in [0.717, 1.165) is 4.90 Å². The van der Waals surface area contributed by atoms with Gasteiger partial charge in [0.1, 0.15) is 11.3 Å². The van der Waals surface area contributed by atoms with E-state index in [4.69, 9.17) is 18.9 Å². The summed E-state index contributed by atoms with van der Waals surface area (Å²) in [7, 11) is 2.90. The van der Waals surface area contributed by atoms with E-state index in [-0.39, 0.29) is 36.0 Å². The Morgan fingerprint density at radius 1 is 1.00 bits per heavy atom. The Morgan fingerprint density at radius 3 is 2.36 bits per heavy atom. The summed E-state index contributed by atoms with van der Waals surface area (Å²) in [6, 6.07) is 10.0. The third-order valence-electron chi connectivity index (χ3n) is 4.58. The van der Waals surface area contributed by atoms with E-state index in [1.54, 1.807) is 25.1 Å². The van der Waals surface area contributed by atoms with Crippen LogP contribution in [0.1, 0.15) is 12.5 Å². The molecule has 1 fully saturated rings. The lowest BCUT2D eigenvalue weighted by Crippen LogP contribution is -2.54. The summed E-state index contributed by atoms with van der Waals surface area (Å²) in [6.07, 6.45) is 1.33. The van der Waals surface area contributed by atoms with Crippen LogP contribution in [0.15, 0.2) is 48.0 Å². The van der Waals surface area contributed by atoms with Crippen LogP contribution in [-0.2, 0) is 19.1 Å². The number of urea groups is 1. The van der Waals surface area contributed by atoms with Gasteiger partial charge in [-0.15, -0.1) is 0 Å². The van der Waals surface area contributed by atoms with Crippen LogP contribution in [0.4, 0.5) is 10.5 Å². The van der Waals surface area contributed by atoms with Crippen molar-refractivity contribution in [2.75, 3.05) is 32.3 Å². The number of benzene rings is 2. The number of hydrogen-bond acceptors (Lipinski definition) is 8. The maximum Gasteiger partial charge on any atom is 0.344 e. The summed E-state index contributed by atoms with van der Waals surface area (Å²) >= 11 is 0. The molecule has 4 amide bonds. The SMILES string of the molecule is CCOC(=O)COc1ccc(/C=C2\C(=O)NC(=O)N(c3ccc(OC)cc3)C2=O)cc1OC. The highest BCUT2D eigenvalue weighted by atomic mass is 16.6. The average molecular weight is 454 g/mol. The van der Waals surface area contributed by atoms with E-state index in [1.165, 1.54) is 44.6 Å². The molecule has 1 aliphatic heterocycles. The Bertz CT molecular complexity index is 1110. The van der Waals surface area contributed by atoms with Gasteiger partial charge >= 0.3 is 12.0 Å². The maximum absolute atomic E-state index is 13.0. The van der Waals surface area contributed by atoms with Crippen molar-refractivity contribution in [1.82, 2.24) is 5.32 Å². The summed E-state index contributed by atoms with van der Waals surface area (Å²) in [5.41, 5.74) is 0.475. The number of methoxy groups -OCH3 is 2. The summed E-state index contributed by atoms with van der Waals surface area (Å²) in [5, 5.41) is 2.16. The molecule has 0 spiro atoms. The fourth-order valence-electron chi connectivity index (χ4n) is 3.02. The highest BCUT2D eigenvalue weighted by Crippen LogP contribution is 2.30. The van der Waals surface area contributed by atoms with Gasteiger partial charge in [-0.3, -0.25) is 14.9 Å². The predicted octanol–water partition coefficient (Wildman–Crippen LogP) is 2.31. The van der Waals surface area contributed by atoms with Crippen LogP contribution in [0.3, 0.4) is 0 Å². The second-order valence-corrected chi connectivity index (χ2v) is 6.66. The highest BCUT2D eigenvalue weighted by molar-refractivity contribution is 6.39. The van der Waals surface area contributed by atoms with Crippen molar-refractivity contribution in [1.29, 1.82) is 0 Å². The highest BCUT2D eigenvalue weighted by Gasteiger charge is 2.36. The minimum atomic E-state index is -0.854. The second kappa shape index (κ2) is 10.3. The van der Waals surface area contributed by atoms with E-state index in [2.05, 4.69) is 5.32 Å². The summed E-state index contributed by atoms with van der Waals surface area (Å²) in [6.45, 7) is 1.62. The topological polar surface area (TPSA) is 120 Å². The van der Waals surface area contributed by atoms with E-state index in [1.807, 2.05) is 0 Å². The first-order valence-electron chi connectivity index (χ1n) is 9.90. The minimum Gasteiger partial charge on any atom is -0.497 e. The Balaban J connectivity index is 1.87. The van der Waals surface area contributed by atoms with Gasteiger partial charge in [0.25, 0.3) is 11.8 Å². The molecule has 1 heterocycles. The molecule has 0 saturated carbocycles.